The Bertz CT molecular complexity index is 770. The van der Waals surface area contributed by atoms with Crippen LogP contribution < -0.4 is 15.4 Å². The van der Waals surface area contributed by atoms with Crippen molar-refractivity contribution in [3.63, 3.8) is 0 Å². The number of benzene rings is 1. The molecule has 0 fully saturated rings. The lowest BCUT2D eigenvalue weighted by molar-refractivity contribution is 0.394. The number of nitrogens with zero attached hydrogens (tertiary/aromatic N) is 2. The molecular weight excluding hydrogens is 306 g/mol. The van der Waals surface area contributed by atoms with Crippen LogP contribution >= 0.6 is 11.3 Å². The molecule has 0 saturated carbocycles. The van der Waals surface area contributed by atoms with Gasteiger partial charge in [0.1, 0.15) is 17.4 Å². The summed E-state index contributed by atoms with van der Waals surface area (Å²) in [4.78, 5) is 3.35. The van der Waals surface area contributed by atoms with Gasteiger partial charge >= 0.3 is 0 Å². The summed E-state index contributed by atoms with van der Waals surface area (Å²) in [6, 6.07) is 12.4. The molecule has 2 aromatic rings. The van der Waals surface area contributed by atoms with Gasteiger partial charge in [0.25, 0.3) is 0 Å². The van der Waals surface area contributed by atoms with Crippen LogP contribution in [-0.2, 0) is 0 Å². The number of nitrogens with two attached hydrogens (primary N) is 1. The fraction of sp³-hybridized carbons (Fsp3) is 0.278. The van der Waals surface area contributed by atoms with E-state index in [1.807, 2.05) is 23.6 Å². The molecule has 0 radical (unpaired) electrons. The number of thiophene rings is 1. The number of ether oxygens (including phenoxy) is 1. The van der Waals surface area contributed by atoms with Gasteiger partial charge in [-0.15, -0.1) is 11.3 Å². The second-order valence-corrected chi connectivity index (χ2v) is 6.31. The number of anilines is 1. The van der Waals surface area contributed by atoms with Gasteiger partial charge in [-0.3, -0.25) is 0 Å². The largest absolute Gasteiger partial charge is 0.440 e. The first-order chi connectivity index (χ1) is 11.2. The Balaban J connectivity index is 2.11. The number of nitriles is 1. The summed E-state index contributed by atoms with van der Waals surface area (Å²) >= 11 is 1.63. The topological polar surface area (TPSA) is 62.3 Å². The molecule has 1 aromatic heterocycles. The van der Waals surface area contributed by atoms with Crippen LogP contribution in [0, 0.1) is 11.3 Å². The predicted molar refractivity (Wildman–Crippen MR) is 93.6 cm³/mol. The highest BCUT2D eigenvalue weighted by molar-refractivity contribution is 7.10. The average molecular weight is 325 g/mol. The minimum Gasteiger partial charge on any atom is -0.440 e. The van der Waals surface area contributed by atoms with E-state index in [4.69, 9.17) is 10.5 Å². The number of rotatable bonds is 4. The molecule has 0 saturated heterocycles. The molecule has 5 heteroatoms. The molecular formula is C18H19N3OS. The van der Waals surface area contributed by atoms with Crippen molar-refractivity contribution >= 4 is 17.0 Å². The molecule has 1 atom stereocenters. The Labute approximate surface area is 140 Å². The molecule has 1 aliphatic rings. The Kier molecular flexibility index (Phi) is 4.26. The minimum absolute atomic E-state index is 0.144. The van der Waals surface area contributed by atoms with E-state index in [1.165, 1.54) is 0 Å². The lowest BCUT2D eigenvalue weighted by atomic mass is 9.88. The molecule has 2 heterocycles. The van der Waals surface area contributed by atoms with Gasteiger partial charge in [-0.1, -0.05) is 12.1 Å². The zero-order chi connectivity index (χ0) is 16.4. The third kappa shape index (κ3) is 2.66. The monoisotopic (exact) mass is 325 g/mol. The van der Waals surface area contributed by atoms with Gasteiger partial charge in [-0.2, -0.15) is 5.26 Å². The summed E-state index contributed by atoms with van der Waals surface area (Å²) in [6.45, 7) is 6.11. The van der Waals surface area contributed by atoms with Gasteiger partial charge in [-0.05, 0) is 31.4 Å². The molecule has 0 bridgehead atoms. The first-order valence-electron chi connectivity index (χ1n) is 7.69. The zero-order valence-electron chi connectivity index (χ0n) is 13.2. The molecule has 4 nitrogen and oxygen atoms in total. The van der Waals surface area contributed by atoms with Crippen LogP contribution in [0.25, 0.3) is 0 Å². The first-order valence-corrected chi connectivity index (χ1v) is 8.57. The van der Waals surface area contributed by atoms with Gasteiger partial charge in [0, 0.05) is 35.3 Å². The minimum atomic E-state index is -0.144. The Morgan fingerprint density at radius 3 is 2.70 bits per heavy atom. The van der Waals surface area contributed by atoms with Crippen LogP contribution in [0.2, 0.25) is 0 Å². The van der Waals surface area contributed by atoms with E-state index in [0.29, 0.717) is 5.57 Å². The van der Waals surface area contributed by atoms with Crippen LogP contribution in [0.3, 0.4) is 0 Å². The van der Waals surface area contributed by atoms with Gasteiger partial charge < -0.3 is 15.4 Å². The van der Waals surface area contributed by atoms with Crippen LogP contribution in [0.1, 0.15) is 30.2 Å². The number of hydrogen-bond acceptors (Lipinski definition) is 5. The standard InChI is InChI=1S/C18H19N3OS/c1-3-21(4-2)12-7-8-13-15(10-12)22-18(20)14(11-19)17(13)16-6-5-9-23-16/h5-10,17H,3-4,20H2,1-2H3. The Morgan fingerprint density at radius 2 is 2.09 bits per heavy atom. The SMILES string of the molecule is CCN(CC)c1ccc2c(c1)OC(N)=C(C#N)C2c1cccs1. The second-order valence-electron chi connectivity index (χ2n) is 5.33. The molecule has 0 aliphatic carbocycles. The predicted octanol–water partition coefficient (Wildman–Crippen LogP) is 3.81. The van der Waals surface area contributed by atoms with Crippen molar-refractivity contribution in [3.8, 4) is 11.8 Å². The molecule has 118 valence electrons. The Hall–Kier alpha value is -2.45. The fourth-order valence-corrected chi connectivity index (χ4v) is 3.83. The zero-order valence-corrected chi connectivity index (χ0v) is 14.1. The smallest absolute Gasteiger partial charge is 0.205 e. The van der Waals surface area contributed by atoms with Crippen molar-refractivity contribution in [3.05, 3.63) is 57.6 Å². The number of hydrogen-bond donors (Lipinski definition) is 1. The highest BCUT2D eigenvalue weighted by Crippen LogP contribution is 2.44. The molecule has 0 amide bonds. The van der Waals surface area contributed by atoms with Crippen molar-refractivity contribution in [1.82, 2.24) is 0 Å². The van der Waals surface area contributed by atoms with Gasteiger partial charge in [0.05, 0.1) is 5.92 Å². The van der Waals surface area contributed by atoms with Crippen molar-refractivity contribution in [2.75, 3.05) is 18.0 Å². The van der Waals surface area contributed by atoms with Crippen molar-refractivity contribution in [1.29, 1.82) is 5.26 Å². The summed E-state index contributed by atoms with van der Waals surface area (Å²) in [5.74, 6) is 0.800. The number of fused-ring (bicyclic) bond motifs is 1. The summed E-state index contributed by atoms with van der Waals surface area (Å²) in [5.41, 5.74) is 8.60. The molecule has 1 aromatic carbocycles. The summed E-state index contributed by atoms with van der Waals surface area (Å²) in [5, 5.41) is 11.5. The lowest BCUT2D eigenvalue weighted by Crippen LogP contribution is -2.24. The van der Waals surface area contributed by atoms with E-state index in [2.05, 4.69) is 36.9 Å². The third-order valence-electron chi connectivity index (χ3n) is 4.16. The molecule has 3 rings (SSSR count). The Morgan fingerprint density at radius 1 is 1.30 bits per heavy atom. The maximum atomic E-state index is 9.50. The summed E-state index contributed by atoms with van der Waals surface area (Å²) in [7, 11) is 0. The maximum absolute atomic E-state index is 9.50. The molecule has 23 heavy (non-hydrogen) atoms. The van der Waals surface area contributed by atoms with Crippen LogP contribution in [0.5, 0.6) is 5.75 Å². The molecule has 1 aliphatic heterocycles. The average Bonchev–Trinajstić information content (AvgIpc) is 3.08. The van der Waals surface area contributed by atoms with E-state index in [0.717, 1.165) is 35.0 Å². The lowest BCUT2D eigenvalue weighted by Gasteiger charge is -2.28. The van der Waals surface area contributed by atoms with Gasteiger partial charge in [-0.25, -0.2) is 0 Å². The van der Waals surface area contributed by atoms with Crippen LogP contribution in [-0.4, -0.2) is 13.1 Å². The summed E-state index contributed by atoms with van der Waals surface area (Å²) < 4.78 is 5.76. The fourth-order valence-electron chi connectivity index (χ4n) is 2.98. The third-order valence-corrected chi connectivity index (χ3v) is 5.10. The van der Waals surface area contributed by atoms with Crippen molar-refractivity contribution in [2.45, 2.75) is 19.8 Å². The second kappa shape index (κ2) is 6.35. The maximum Gasteiger partial charge on any atom is 0.205 e. The van der Waals surface area contributed by atoms with Crippen LogP contribution in [0.15, 0.2) is 47.2 Å². The molecule has 0 spiro atoms. The van der Waals surface area contributed by atoms with Crippen LogP contribution in [0.4, 0.5) is 5.69 Å². The number of allylic oxidation sites excluding steroid dienone is 1. The highest BCUT2D eigenvalue weighted by atomic mass is 32.1. The quantitative estimate of drug-likeness (QED) is 0.928. The van der Waals surface area contributed by atoms with Crippen molar-refractivity contribution < 1.29 is 4.74 Å². The van der Waals surface area contributed by atoms with E-state index >= 15 is 0 Å². The molecule has 2 N–H and O–H groups in total. The van der Waals surface area contributed by atoms with E-state index in [-0.39, 0.29) is 11.8 Å². The van der Waals surface area contributed by atoms with Gasteiger partial charge in [0.15, 0.2) is 0 Å². The van der Waals surface area contributed by atoms with E-state index < -0.39 is 0 Å². The molecule has 1 unspecified atom stereocenters. The normalized spacial score (nSPS) is 16.5. The van der Waals surface area contributed by atoms with E-state index in [9.17, 15) is 5.26 Å². The summed E-state index contributed by atoms with van der Waals surface area (Å²) in [6.07, 6.45) is 0. The highest BCUT2D eigenvalue weighted by Gasteiger charge is 2.31. The van der Waals surface area contributed by atoms with E-state index in [1.54, 1.807) is 11.3 Å². The van der Waals surface area contributed by atoms with Gasteiger partial charge in [0.2, 0.25) is 5.88 Å². The van der Waals surface area contributed by atoms with Crippen molar-refractivity contribution in [2.24, 2.45) is 5.73 Å². The first kappa shape index (κ1) is 15.4.